The van der Waals surface area contributed by atoms with Gasteiger partial charge >= 0.3 is 0 Å². The van der Waals surface area contributed by atoms with E-state index in [-0.39, 0.29) is 0 Å². The monoisotopic (exact) mass is 194 g/mol. The van der Waals surface area contributed by atoms with Crippen LogP contribution >= 0.6 is 0 Å². The lowest BCUT2D eigenvalue weighted by atomic mass is 10.1. The van der Waals surface area contributed by atoms with Crippen molar-refractivity contribution in [1.29, 1.82) is 0 Å². The molecular formula is C10H18N4. The number of aromatic nitrogens is 3. The number of hydrogen-bond donors (Lipinski definition) is 1. The molecule has 1 aromatic rings. The van der Waals surface area contributed by atoms with Crippen molar-refractivity contribution >= 4 is 0 Å². The molecule has 0 aromatic carbocycles. The van der Waals surface area contributed by atoms with Crippen LogP contribution in [0.5, 0.6) is 0 Å². The molecule has 2 rings (SSSR count). The maximum absolute atomic E-state index is 4.17. The van der Waals surface area contributed by atoms with Crippen LogP contribution in [0.4, 0.5) is 0 Å². The molecule has 1 aromatic heterocycles. The van der Waals surface area contributed by atoms with Crippen LogP contribution in [-0.2, 0) is 13.0 Å². The van der Waals surface area contributed by atoms with E-state index in [0.717, 1.165) is 31.8 Å². The van der Waals surface area contributed by atoms with E-state index in [9.17, 15) is 0 Å². The quantitative estimate of drug-likeness (QED) is 0.777. The Morgan fingerprint density at radius 3 is 3.29 bits per heavy atom. The Hall–Kier alpha value is -0.900. The second-order valence-corrected chi connectivity index (χ2v) is 3.94. The minimum absolute atomic E-state index is 0.620. The minimum atomic E-state index is 0.620. The van der Waals surface area contributed by atoms with E-state index in [1.807, 2.05) is 6.33 Å². The standard InChI is InChI=1S/C10H18N4/c1-2-6-14-8-12-13-10(14)7-9-4-3-5-11-9/h8-9,11H,2-7H2,1H3. The predicted octanol–water partition coefficient (Wildman–Crippen LogP) is 0.983. The molecule has 1 fully saturated rings. The summed E-state index contributed by atoms with van der Waals surface area (Å²) in [6.45, 7) is 4.37. The summed E-state index contributed by atoms with van der Waals surface area (Å²) in [6.07, 6.45) is 6.59. The van der Waals surface area contributed by atoms with Gasteiger partial charge in [-0.1, -0.05) is 6.92 Å². The molecule has 1 aliphatic rings. The lowest BCUT2D eigenvalue weighted by molar-refractivity contribution is 0.550. The second kappa shape index (κ2) is 4.55. The highest BCUT2D eigenvalue weighted by Gasteiger charge is 2.17. The molecule has 4 nitrogen and oxygen atoms in total. The molecule has 1 unspecified atom stereocenters. The van der Waals surface area contributed by atoms with E-state index >= 15 is 0 Å². The number of nitrogens with zero attached hydrogens (tertiary/aromatic N) is 3. The third kappa shape index (κ3) is 2.12. The lowest BCUT2D eigenvalue weighted by Gasteiger charge is -2.10. The SMILES string of the molecule is CCCn1cnnc1CC1CCCN1. The Bertz CT molecular complexity index is 275. The summed E-state index contributed by atoms with van der Waals surface area (Å²) in [6, 6.07) is 0.620. The molecule has 78 valence electrons. The van der Waals surface area contributed by atoms with E-state index in [0.29, 0.717) is 6.04 Å². The third-order valence-corrected chi connectivity index (χ3v) is 2.75. The molecule has 2 heterocycles. The molecular weight excluding hydrogens is 176 g/mol. The normalized spacial score (nSPS) is 21.6. The summed E-state index contributed by atoms with van der Waals surface area (Å²) in [5.41, 5.74) is 0. The van der Waals surface area contributed by atoms with Crippen LogP contribution in [0.1, 0.15) is 32.0 Å². The predicted molar refractivity (Wildman–Crippen MR) is 55.0 cm³/mol. The fourth-order valence-corrected chi connectivity index (χ4v) is 2.02. The van der Waals surface area contributed by atoms with Crippen molar-refractivity contribution < 1.29 is 0 Å². The van der Waals surface area contributed by atoms with Crippen molar-refractivity contribution in [3.63, 3.8) is 0 Å². The summed E-state index contributed by atoms with van der Waals surface area (Å²) in [4.78, 5) is 0. The molecule has 1 aliphatic heterocycles. The molecule has 1 N–H and O–H groups in total. The number of nitrogens with one attached hydrogen (secondary N) is 1. The topological polar surface area (TPSA) is 42.7 Å². The van der Waals surface area contributed by atoms with Crippen molar-refractivity contribution in [3.8, 4) is 0 Å². The van der Waals surface area contributed by atoms with Crippen LogP contribution in [-0.4, -0.2) is 27.4 Å². The van der Waals surface area contributed by atoms with E-state index in [2.05, 4.69) is 27.0 Å². The molecule has 0 bridgehead atoms. The van der Waals surface area contributed by atoms with Gasteiger partial charge in [0.25, 0.3) is 0 Å². The maximum atomic E-state index is 4.17. The highest BCUT2D eigenvalue weighted by atomic mass is 15.3. The molecule has 0 spiro atoms. The summed E-state index contributed by atoms with van der Waals surface area (Å²) in [5.74, 6) is 1.13. The summed E-state index contributed by atoms with van der Waals surface area (Å²) < 4.78 is 2.17. The fraction of sp³-hybridized carbons (Fsp3) is 0.800. The van der Waals surface area contributed by atoms with E-state index in [4.69, 9.17) is 0 Å². The van der Waals surface area contributed by atoms with Crippen molar-refractivity contribution in [2.75, 3.05) is 6.54 Å². The smallest absolute Gasteiger partial charge is 0.134 e. The van der Waals surface area contributed by atoms with Gasteiger partial charge in [0.15, 0.2) is 0 Å². The van der Waals surface area contributed by atoms with Crippen LogP contribution in [0.3, 0.4) is 0 Å². The Morgan fingerprint density at radius 2 is 2.57 bits per heavy atom. The molecule has 14 heavy (non-hydrogen) atoms. The van der Waals surface area contributed by atoms with Crippen LogP contribution < -0.4 is 5.32 Å². The van der Waals surface area contributed by atoms with E-state index in [1.165, 1.54) is 12.8 Å². The largest absolute Gasteiger partial charge is 0.318 e. The number of hydrogen-bond acceptors (Lipinski definition) is 3. The fourth-order valence-electron chi connectivity index (χ4n) is 2.02. The van der Waals surface area contributed by atoms with E-state index in [1.54, 1.807) is 0 Å². The van der Waals surface area contributed by atoms with Gasteiger partial charge in [-0.15, -0.1) is 10.2 Å². The molecule has 0 radical (unpaired) electrons. The first kappa shape index (κ1) is 9.65. The molecule has 0 aliphatic carbocycles. The van der Waals surface area contributed by atoms with Gasteiger partial charge in [-0.25, -0.2) is 0 Å². The summed E-state index contributed by atoms with van der Waals surface area (Å²) in [5, 5.41) is 11.6. The number of rotatable bonds is 4. The molecule has 1 atom stereocenters. The van der Waals surface area contributed by atoms with Crippen molar-refractivity contribution in [1.82, 2.24) is 20.1 Å². The van der Waals surface area contributed by atoms with Crippen LogP contribution in [0.15, 0.2) is 6.33 Å². The Kier molecular flexibility index (Phi) is 3.14. The van der Waals surface area contributed by atoms with Gasteiger partial charge in [-0.05, 0) is 25.8 Å². The van der Waals surface area contributed by atoms with Gasteiger partial charge in [-0.2, -0.15) is 0 Å². The van der Waals surface area contributed by atoms with Gasteiger partial charge in [0, 0.05) is 19.0 Å². The minimum Gasteiger partial charge on any atom is -0.318 e. The Balaban J connectivity index is 1.96. The first-order valence-electron chi connectivity index (χ1n) is 5.50. The average molecular weight is 194 g/mol. The summed E-state index contributed by atoms with van der Waals surface area (Å²) >= 11 is 0. The second-order valence-electron chi connectivity index (χ2n) is 3.94. The zero-order valence-electron chi connectivity index (χ0n) is 8.74. The maximum Gasteiger partial charge on any atom is 0.134 e. The zero-order valence-corrected chi connectivity index (χ0v) is 8.74. The molecule has 0 amide bonds. The number of aryl methyl sites for hydroxylation is 1. The average Bonchev–Trinajstić information content (AvgIpc) is 2.80. The molecule has 0 saturated carbocycles. The first-order chi connectivity index (χ1) is 6.90. The van der Waals surface area contributed by atoms with Gasteiger partial charge in [0.2, 0.25) is 0 Å². The van der Waals surface area contributed by atoms with Crippen LogP contribution in [0, 0.1) is 0 Å². The Labute approximate surface area is 84.7 Å². The summed E-state index contributed by atoms with van der Waals surface area (Å²) in [7, 11) is 0. The van der Waals surface area contributed by atoms with Crippen molar-refractivity contribution in [2.24, 2.45) is 0 Å². The Morgan fingerprint density at radius 1 is 1.64 bits per heavy atom. The van der Waals surface area contributed by atoms with Gasteiger partial charge < -0.3 is 9.88 Å². The van der Waals surface area contributed by atoms with Crippen LogP contribution in [0.25, 0.3) is 0 Å². The van der Waals surface area contributed by atoms with E-state index < -0.39 is 0 Å². The van der Waals surface area contributed by atoms with Gasteiger partial charge in [0.1, 0.15) is 12.2 Å². The first-order valence-corrected chi connectivity index (χ1v) is 5.50. The highest BCUT2D eigenvalue weighted by molar-refractivity contribution is 4.92. The molecule has 4 heteroatoms. The van der Waals surface area contributed by atoms with Gasteiger partial charge in [0.05, 0.1) is 0 Å². The molecule has 1 saturated heterocycles. The van der Waals surface area contributed by atoms with Crippen molar-refractivity contribution in [2.45, 2.75) is 45.2 Å². The zero-order chi connectivity index (χ0) is 9.80. The third-order valence-electron chi connectivity index (χ3n) is 2.75. The highest BCUT2D eigenvalue weighted by Crippen LogP contribution is 2.10. The van der Waals surface area contributed by atoms with Crippen molar-refractivity contribution in [3.05, 3.63) is 12.2 Å². The lowest BCUT2D eigenvalue weighted by Crippen LogP contribution is -2.25. The van der Waals surface area contributed by atoms with Crippen LogP contribution in [0.2, 0.25) is 0 Å². The van der Waals surface area contributed by atoms with Gasteiger partial charge in [-0.3, -0.25) is 0 Å².